The molecule has 0 heterocycles. The second-order valence-corrected chi connectivity index (χ2v) is 7.65. The summed E-state index contributed by atoms with van der Waals surface area (Å²) in [6, 6.07) is 8.74. The molecular weight excluding hydrogens is 616 g/mol. The van der Waals surface area contributed by atoms with E-state index in [0.29, 0.717) is 22.6 Å². The van der Waals surface area contributed by atoms with Gasteiger partial charge in [-0.2, -0.15) is 10.2 Å². The van der Waals surface area contributed by atoms with E-state index >= 15 is 0 Å². The third-order valence-electron chi connectivity index (χ3n) is 4.07. The maximum atomic E-state index is 11.7. The van der Waals surface area contributed by atoms with Crippen LogP contribution in [0.4, 0.5) is 4.79 Å². The van der Waals surface area contributed by atoms with Gasteiger partial charge in [-0.25, -0.2) is 15.6 Å². The first-order valence-corrected chi connectivity index (χ1v) is 11.4. The number of carbonyl (C=O) groups is 3. The molecule has 13 nitrogen and oxygen atoms in total. The van der Waals surface area contributed by atoms with Gasteiger partial charge >= 0.3 is 6.03 Å². The number of nitrogens with one attached hydrogen (secondary N) is 2. The average molecular weight is 650 g/mol. The van der Waals surface area contributed by atoms with Gasteiger partial charge in [0.05, 0.1) is 49.3 Å². The molecule has 0 unspecified atom stereocenters. The summed E-state index contributed by atoms with van der Waals surface area (Å²) in [6.07, 6.45) is 4.81. The van der Waals surface area contributed by atoms with E-state index in [1.807, 2.05) is 0 Å². The largest absolute Gasteiger partial charge is 0.512 e. The molecule has 14 heteroatoms. The summed E-state index contributed by atoms with van der Waals surface area (Å²) in [7, 11) is 2.91. The Balaban J connectivity index is 0. The Morgan fingerprint density at radius 2 is 1.05 bits per heavy atom. The first-order chi connectivity index (χ1) is 18.8. The first-order valence-electron chi connectivity index (χ1n) is 11.4. The summed E-state index contributed by atoms with van der Waals surface area (Å²) in [5, 5.41) is 43.7. The molecule has 0 aliphatic carbocycles. The summed E-state index contributed by atoms with van der Waals surface area (Å²) in [5.74, 6) is 0.598. The van der Waals surface area contributed by atoms with Gasteiger partial charge < -0.3 is 29.9 Å². The molecule has 0 saturated heterocycles. The summed E-state index contributed by atoms with van der Waals surface area (Å²) in [6.45, 7) is 5.70. The number of carbonyl (C=O) groups excluding carboxylic acids is 3. The number of hydrogen-bond acceptors (Lipinski definition) is 11. The molecule has 6 N–H and O–H groups in total. The zero-order valence-electron chi connectivity index (χ0n) is 23.5. The average Bonchev–Trinajstić information content (AvgIpc) is 2.85. The number of amides is 2. The number of allylic oxidation sites excluding steroid dienone is 4. The van der Waals surface area contributed by atoms with E-state index < -0.39 is 6.03 Å². The standard InChI is InChI=1S/C17H18N4O5.2C5H8O2.Zr/c1-25-15-7-3-5-13(22)11(15)9-18-20-17(24)21-19-10-12-14(23)6-4-8-16(12)26-2;2*1-4(6)3-5(2)7;/h3-10,22-23H,1-2H3,(H2,20,21,24);2*3,6H,1-2H3;/b18-9+,19-10+;2*4-3-;. The van der Waals surface area contributed by atoms with Gasteiger partial charge in [-0.3, -0.25) is 9.59 Å². The monoisotopic (exact) mass is 648 g/mol. The summed E-state index contributed by atoms with van der Waals surface area (Å²) in [5.41, 5.74) is 5.00. The minimum absolute atomic E-state index is 0. The van der Waals surface area contributed by atoms with Crippen LogP contribution in [0, 0.1) is 0 Å². The van der Waals surface area contributed by atoms with Crippen molar-refractivity contribution in [3.63, 3.8) is 0 Å². The number of phenolic OH excluding ortho intramolecular Hbond substituents is 2. The summed E-state index contributed by atoms with van der Waals surface area (Å²) in [4.78, 5) is 31.7. The molecule has 0 saturated carbocycles. The van der Waals surface area contributed by atoms with Crippen molar-refractivity contribution in [1.29, 1.82) is 0 Å². The SMILES string of the molecule is CC(=O)/C=C(/C)O.CC(=O)/C=C(/C)O.COc1cccc(O)c1/C=N/NC(=O)N/N=C/c1c(O)cccc1OC.[Zr]. The summed E-state index contributed by atoms with van der Waals surface area (Å²) >= 11 is 0. The minimum Gasteiger partial charge on any atom is -0.512 e. The molecule has 2 aromatic rings. The van der Waals surface area contributed by atoms with Crippen molar-refractivity contribution < 1.29 is 70.5 Å². The number of methoxy groups -OCH3 is 2. The third kappa shape index (κ3) is 17.7. The van der Waals surface area contributed by atoms with Crippen LogP contribution in [0.2, 0.25) is 0 Å². The van der Waals surface area contributed by atoms with Crippen LogP contribution < -0.4 is 20.3 Å². The predicted molar refractivity (Wildman–Crippen MR) is 150 cm³/mol. The number of nitrogens with zero attached hydrogens (tertiary/aromatic N) is 2. The van der Waals surface area contributed by atoms with Crippen LogP contribution in [0.3, 0.4) is 0 Å². The number of urea groups is 1. The van der Waals surface area contributed by atoms with Gasteiger partial charge in [0, 0.05) is 38.4 Å². The number of hydrogen-bond donors (Lipinski definition) is 6. The number of benzene rings is 2. The fourth-order valence-corrected chi connectivity index (χ4v) is 2.60. The topological polar surface area (TPSA) is 199 Å². The Kier molecular flexibility index (Phi) is 20.2. The number of phenols is 2. The molecule has 0 spiro atoms. The third-order valence-corrected chi connectivity index (χ3v) is 4.07. The van der Waals surface area contributed by atoms with Gasteiger partial charge in [-0.1, -0.05) is 12.1 Å². The van der Waals surface area contributed by atoms with E-state index in [-0.39, 0.29) is 60.8 Å². The van der Waals surface area contributed by atoms with E-state index in [9.17, 15) is 24.6 Å². The van der Waals surface area contributed by atoms with E-state index in [4.69, 9.17) is 19.7 Å². The Hall–Kier alpha value is -4.45. The van der Waals surface area contributed by atoms with Crippen LogP contribution in [0.15, 0.2) is 70.3 Å². The first kappa shape index (κ1) is 38.7. The summed E-state index contributed by atoms with van der Waals surface area (Å²) < 4.78 is 10.2. The maximum absolute atomic E-state index is 11.7. The van der Waals surface area contributed by atoms with Crippen LogP contribution in [-0.2, 0) is 35.8 Å². The molecule has 41 heavy (non-hydrogen) atoms. The zero-order valence-corrected chi connectivity index (χ0v) is 26.0. The number of hydrazone groups is 2. The smallest absolute Gasteiger partial charge is 0.355 e. The fraction of sp³-hybridized carbons (Fsp3) is 0.222. The fourth-order valence-electron chi connectivity index (χ4n) is 2.60. The van der Waals surface area contributed by atoms with E-state index in [1.54, 1.807) is 24.3 Å². The van der Waals surface area contributed by atoms with Gasteiger partial charge in [0.1, 0.15) is 23.0 Å². The molecule has 0 fully saturated rings. The van der Waals surface area contributed by atoms with Crippen molar-refractivity contribution in [3.05, 3.63) is 71.2 Å². The van der Waals surface area contributed by atoms with Gasteiger partial charge in [0.25, 0.3) is 0 Å². The Labute approximate surface area is 257 Å². The molecule has 2 aromatic carbocycles. The van der Waals surface area contributed by atoms with Gasteiger partial charge in [-0.15, -0.1) is 0 Å². The number of rotatable bonds is 8. The second kappa shape index (κ2) is 21.4. The van der Waals surface area contributed by atoms with Crippen LogP contribution in [0.1, 0.15) is 38.8 Å². The van der Waals surface area contributed by atoms with Gasteiger partial charge in [-0.05, 0) is 52.0 Å². The molecule has 0 radical (unpaired) electrons. The van der Waals surface area contributed by atoms with Crippen molar-refractivity contribution in [3.8, 4) is 23.0 Å². The number of aliphatic hydroxyl groups excluding tert-OH is 2. The number of ketones is 2. The van der Waals surface area contributed by atoms with Crippen LogP contribution in [0.25, 0.3) is 0 Å². The van der Waals surface area contributed by atoms with E-state index in [2.05, 4.69) is 21.1 Å². The van der Waals surface area contributed by atoms with Crippen LogP contribution in [0.5, 0.6) is 23.0 Å². The van der Waals surface area contributed by atoms with Gasteiger partial charge in [0.2, 0.25) is 0 Å². The van der Waals surface area contributed by atoms with Crippen LogP contribution >= 0.6 is 0 Å². The molecule has 0 aliphatic rings. The molecule has 0 aliphatic heterocycles. The van der Waals surface area contributed by atoms with Crippen molar-refractivity contribution in [2.24, 2.45) is 10.2 Å². The molecule has 0 aromatic heterocycles. The van der Waals surface area contributed by atoms with Crippen molar-refractivity contribution >= 4 is 30.0 Å². The predicted octanol–water partition coefficient (Wildman–Crippen LogP) is 3.85. The minimum atomic E-state index is -0.721. The van der Waals surface area contributed by atoms with Crippen molar-refractivity contribution in [1.82, 2.24) is 10.9 Å². The second-order valence-electron chi connectivity index (χ2n) is 7.65. The molecular formula is C27H34N4O9Zr. The molecule has 0 bridgehead atoms. The Morgan fingerprint density at radius 1 is 0.707 bits per heavy atom. The van der Waals surface area contributed by atoms with E-state index in [0.717, 1.165) is 0 Å². The number of aromatic hydroxyl groups is 2. The quantitative estimate of drug-likeness (QED) is 0.106. The number of aliphatic hydroxyl groups is 2. The van der Waals surface area contributed by atoms with Crippen molar-refractivity contribution in [2.75, 3.05) is 14.2 Å². The Morgan fingerprint density at radius 3 is 1.29 bits per heavy atom. The molecule has 220 valence electrons. The normalized spacial score (nSPS) is 10.8. The van der Waals surface area contributed by atoms with Crippen LogP contribution in [-0.4, -0.2) is 64.7 Å². The van der Waals surface area contributed by atoms with Gasteiger partial charge in [0.15, 0.2) is 11.6 Å². The maximum Gasteiger partial charge on any atom is 0.355 e. The Bertz CT molecular complexity index is 1170. The molecule has 0 atom stereocenters. The van der Waals surface area contributed by atoms with E-state index in [1.165, 1.54) is 78.6 Å². The molecule has 2 amide bonds. The molecule has 2 rings (SSSR count). The zero-order chi connectivity index (χ0) is 30.7. The van der Waals surface area contributed by atoms with Crippen molar-refractivity contribution in [2.45, 2.75) is 27.7 Å². The number of ether oxygens (including phenoxy) is 2.